The largest absolute Gasteiger partial charge is 0.386 e. The van der Waals surface area contributed by atoms with Gasteiger partial charge in [0.05, 0.1) is 13.1 Å². The molecule has 1 atom stereocenters. The highest BCUT2D eigenvalue weighted by atomic mass is 35.5. The Morgan fingerprint density at radius 2 is 2.00 bits per heavy atom. The van der Waals surface area contributed by atoms with Crippen LogP contribution in [0.2, 0.25) is 0 Å². The van der Waals surface area contributed by atoms with Gasteiger partial charge in [-0.1, -0.05) is 36.4 Å². The summed E-state index contributed by atoms with van der Waals surface area (Å²) >= 11 is 1.50. The van der Waals surface area contributed by atoms with E-state index in [1.165, 1.54) is 11.3 Å². The van der Waals surface area contributed by atoms with Crippen LogP contribution in [0.3, 0.4) is 0 Å². The van der Waals surface area contributed by atoms with Gasteiger partial charge in [-0.2, -0.15) is 0 Å². The zero-order valence-electron chi connectivity index (χ0n) is 12.4. The van der Waals surface area contributed by atoms with Crippen LogP contribution in [0.5, 0.6) is 0 Å². The normalized spacial score (nSPS) is 11.5. The van der Waals surface area contributed by atoms with Crippen molar-refractivity contribution in [2.45, 2.75) is 12.6 Å². The molecule has 1 aromatic heterocycles. The molecule has 0 bridgehead atoms. The molecule has 2 aromatic rings. The van der Waals surface area contributed by atoms with Gasteiger partial charge in [-0.15, -0.1) is 23.7 Å². The SMILES string of the molecule is CNCC(=O)N(Cc1ccccc1)CC(O)c1cccs1.Cl. The number of carbonyl (C=O) groups is 1. The summed E-state index contributed by atoms with van der Waals surface area (Å²) in [6.07, 6.45) is -0.644. The van der Waals surface area contributed by atoms with Crippen LogP contribution < -0.4 is 5.32 Å². The molecule has 0 aliphatic carbocycles. The van der Waals surface area contributed by atoms with E-state index in [0.29, 0.717) is 13.1 Å². The van der Waals surface area contributed by atoms with E-state index in [9.17, 15) is 9.90 Å². The molecule has 0 fully saturated rings. The second-order valence-corrected chi connectivity index (χ2v) is 5.80. The average Bonchev–Trinajstić information content (AvgIpc) is 3.02. The molecule has 1 heterocycles. The molecule has 4 nitrogen and oxygen atoms in total. The molecule has 1 amide bonds. The molecule has 0 aliphatic heterocycles. The van der Waals surface area contributed by atoms with Crippen LogP contribution in [-0.2, 0) is 11.3 Å². The van der Waals surface area contributed by atoms with E-state index >= 15 is 0 Å². The number of aliphatic hydroxyl groups is 1. The summed E-state index contributed by atoms with van der Waals surface area (Å²) in [5, 5.41) is 15.1. The van der Waals surface area contributed by atoms with Gasteiger partial charge in [0.15, 0.2) is 0 Å². The summed E-state index contributed by atoms with van der Waals surface area (Å²) in [4.78, 5) is 14.8. The Labute approximate surface area is 141 Å². The van der Waals surface area contributed by atoms with Crippen molar-refractivity contribution in [3.63, 3.8) is 0 Å². The van der Waals surface area contributed by atoms with Crippen molar-refractivity contribution in [1.29, 1.82) is 0 Å². The standard InChI is InChI=1S/C16H20N2O2S.ClH/c1-17-10-16(20)18(11-13-6-3-2-4-7-13)12-14(19)15-8-5-9-21-15;/h2-9,14,17,19H,10-12H2,1H3;1H. The first-order valence-electron chi connectivity index (χ1n) is 6.88. The third-order valence-electron chi connectivity index (χ3n) is 3.16. The van der Waals surface area contributed by atoms with Crippen LogP contribution in [-0.4, -0.2) is 36.1 Å². The smallest absolute Gasteiger partial charge is 0.236 e. The molecule has 0 saturated heterocycles. The summed E-state index contributed by atoms with van der Waals surface area (Å²) < 4.78 is 0. The number of hydrogen-bond donors (Lipinski definition) is 2. The Morgan fingerprint density at radius 1 is 1.27 bits per heavy atom. The molecule has 0 aliphatic rings. The molecule has 0 spiro atoms. The lowest BCUT2D eigenvalue weighted by atomic mass is 10.2. The van der Waals surface area contributed by atoms with E-state index in [-0.39, 0.29) is 24.9 Å². The number of aliphatic hydroxyl groups excluding tert-OH is 1. The number of nitrogens with one attached hydrogen (secondary N) is 1. The zero-order valence-corrected chi connectivity index (χ0v) is 14.1. The van der Waals surface area contributed by atoms with Crippen molar-refractivity contribution in [3.8, 4) is 0 Å². The van der Waals surface area contributed by atoms with Gasteiger partial charge in [-0.3, -0.25) is 4.79 Å². The summed E-state index contributed by atoms with van der Waals surface area (Å²) in [6, 6.07) is 13.6. The Morgan fingerprint density at radius 3 is 2.59 bits per heavy atom. The predicted octanol–water partition coefficient (Wildman–Crippen LogP) is 2.45. The Hall–Kier alpha value is -1.40. The minimum Gasteiger partial charge on any atom is -0.386 e. The van der Waals surface area contributed by atoms with Crippen LogP contribution in [0.1, 0.15) is 16.5 Å². The Balaban J connectivity index is 0.00000242. The fourth-order valence-electron chi connectivity index (χ4n) is 2.10. The van der Waals surface area contributed by atoms with Crippen LogP contribution in [0.25, 0.3) is 0 Å². The molecule has 0 radical (unpaired) electrons. The van der Waals surface area contributed by atoms with E-state index < -0.39 is 6.10 Å². The second-order valence-electron chi connectivity index (χ2n) is 4.82. The highest BCUT2D eigenvalue weighted by Gasteiger charge is 2.19. The Bertz CT molecular complexity index is 549. The molecule has 2 rings (SSSR count). The van der Waals surface area contributed by atoms with Crippen molar-refractivity contribution in [1.82, 2.24) is 10.2 Å². The van der Waals surface area contributed by atoms with Crippen molar-refractivity contribution in [2.24, 2.45) is 0 Å². The predicted molar refractivity (Wildman–Crippen MR) is 92.3 cm³/mol. The lowest BCUT2D eigenvalue weighted by Crippen LogP contribution is -2.39. The van der Waals surface area contributed by atoms with Crippen molar-refractivity contribution >= 4 is 29.7 Å². The minimum atomic E-state index is -0.644. The summed E-state index contributed by atoms with van der Waals surface area (Å²) in [6.45, 7) is 1.07. The van der Waals surface area contributed by atoms with E-state index in [0.717, 1.165) is 10.4 Å². The molecular weight excluding hydrogens is 320 g/mol. The van der Waals surface area contributed by atoms with Gasteiger partial charge in [-0.25, -0.2) is 0 Å². The fourth-order valence-corrected chi connectivity index (χ4v) is 2.80. The summed E-state index contributed by atoms with van der Waals surface area (Å²) in [5.41, 5.74) is 1.06. The van der Waals surface area contributed by atoms with Gasteiger partial charge in [0.2, 0.25) is 5.91 Å². The maximum absolute atomic E-state index is 12.2. The van der Waals surface area contributed by atoms with E-state index in [1.807, 2.05) is 47.8 Å². The number of rotatable bonds is 7. The van der Waals surface area contributed by atoms with Crippen LogP contribution in [0.4, 0.5) is 0 Å². The van der Waals surface area contributed by atoms with Crippen LogP contribution in [0, 0.1) is 0 Å². The molecule has 22 heavy (non-hydrogen) atoms. The number of halogens is 1. The average molecular weight is 341 g/mol. The number of hydrogen-bond acceptors (Lipinski definition) is 4. The van der Waals surface area contributed by atoms with E-state index in [1.54, 1.807) is 11.9 Å². The maximum atomic E-state index is 12.2. The lowest BCUT2D eigenvalue weighted by molar-refractivity contribution is -0.132. The van der Waals surface area contributed by atoms with Gasteiger partial charge < -0.3 is 15.3 Å². The van der Waals surface area contributed by atoms with Crippen molar-refractivity contribution in [2.75, 3.05) is 20.1 Å². The third-order valence-corrected chi connectivity index (χ3v) is 4.14. The van der Waals surface area contributed by atoms with Crippen LogP contribution in [0.15, 0.2) is 47.8 Å². The van der Waals surface area contributed by atoms with E-state index in [4.69, 9.17) is 0 Å². The minimum absolute atomic E-state index is 0. The maximum Gasteiger partial charge on any atom is 0.236 e. The number of nitrogens with zero attached hydrogens (tertiary/aromatic N) is 1. The number of benzene rings is 1. The van der Waals surface area contributed by atoms with E-state index in [2.05, 4.69) is 5.32 Å². The monoisotopic (exact) mass is 340 g/mol. The highest BCUT2D eigenvalue weighted by Crippen LogP contribution is 2.20. The van der Waals surface area contributed by atoms with Crippen molar-refractivity contribution < 1.29 is 9.90 Å². The number of carbonyl (C=O) groups excluding carboxylic acids is 1. The Kier molecular flexibility index (Phi) is 8.12. The number of thiophene rings is 1. The first-order valence-corrected chi connectivity index (χ1v) is 7.76. The topological polar surface area (TPSA) is 52.6 Å². The summed E-state index contributed by atoms with van der Waals surface area (Å²) in [7, 11) is 1.74. The van der Waals surface area contributed by atoms with Gasteiger partial charge in [0, 0.05) is 11.4 Å². The molecule has 6 heteroatoms. The quantitative estimate of drug-likeness (QED) is 0.814. The number of likely N-dealkylation sites (N-methyl/N-ethyl adjacent to an activating group) is 1. The molecule has 2 N–H and O–H groups in total. The third kappa shape index (κ3) is 5.42. The zero-order chi connectivity index (χ0) is 15.1. The highest BCUT2D eigenvalue weighted by molar-refractivity contribution is 7.10. The molecular formula is C16H21ClN2O2S. The number of amides is 1. The van der Waals surface area contributed by atoms with Crippen molar-refractivity contribution in [3.05, 3.63) is 58.3 Å². The molecule has 1 aromatic carbocycles. The lowest BCUT2D eigenvalue weighted by Gasteiger charge is -2.25. The first kappa shape index (κ1) is 18.6. The first-order chi connectivity index (χ1) is 10.2. The second kappa shape index (κ2) is 9.58. The fraction of sp³-hybridized carbons (Fsp3) is 0.312. The van der Waals surface area contributed by atoms with Gasteiger partial charge >= 0.3 is 0 Å². The van der Waals surface area contributed by atoms with Gasteiger partial charge in [0.25, 0.3) is 0 Å². The van der Waals surface area contributed by atoms with Crippen LogP contribution >= 0.6 is 23.7 Å². The van der Waals surface area contributed by atoms with Gasteiger partial charge in [0.1, 0.15) is 6.10 Å². The van der Waals surface area contributed by atoms with Gasteiger partial charge in [-0.05, 0) is 24.1 Å². The summed E-state index contributed by atoms with van der Waals surface area (Å²) in [5.74, 6) is -0.0167. The molecule has 120 valence electrons. The molecule has 0 saturated carbocycles. The molecule has 1 unspecified atom stereocenters.